The van der Waals surface area contributed by atoms with Crippen molar-refractivity contribution < 1.29 is 14.7 Å². The number of carboxylic acid groups (broad SMARTS) is 1. The van der Waals surface area contributed by atoms with Gasteiger partial charge in [0.2, 0.25) is 0 Å². The van der Waals surface area contributed by atoms with Crippen molar-refractivity contribution in [1.29, 1.82) is 0 Å². The lowest BCUT2D eigenvalue weighted by atomic mass is 9.97. The van der Waals surface area contributed by atoms with Gasteiger partial charge in [-0.3, -0.25) is 0 Å². The molecule has 1 aliphatic heterocycles. The molecular weight excluding hydrogens is 288 g/mol. The number of benzene rings is 1. The Morgan fingerprint density at radius 3 is 2.86 bits per heavy atom. The summed E-state index contributed by atoms with van der Waals surface area (Å²) in [6, 6.07) is 5.19. The number of nitrogens with one attached hydrogen (secondary N) is 1. The second-order valence-electron chi connectivity index (χ2n) is 5.27. The molecule has 5 nitrogen and oxygen atoms in total. The summed E-state index contributed by atoms with van der Waals surface area (Å²) in [5.41, 5.74) is 2.32. The van der Waals surface area contributed by atoms with E-state index in [4.69, 9.17) is 5.11 Å². The zero-order valence-electron chi connectivity index (χ0n) is 12.3. The van der Waals surface area contributed by atoms with Crippen LogP contribution in [0.5, 0.6) is 0 Å². The van der Waals surface area contributed by atoms with E-state index < -0.39 is 5.97 Å². The minimum atomic E-state index is -0.937. The fourth-order valence-corrected chi connectivity index (χ4v) is 3.04. The fraction of sp³-hybridized carbons (Fsp3) is 0.467. The number of rotatable bonds is 4. The third kappa shape index (κ3) is 3.91. The molecule has 0 fully saturated rings. The minimum Gasteiger partial charge on any atom is -0.478 e. The Bertz CT molecular complexity index is 548. The topological polar surface area (TPSA) is 69.6 Å². The molecule has 1 heterocycles. The summed E-state index contributed by atoms with van der Waals surface area (Å²) in [5, 5.41) is 12.0. The SMILES string of the molecule is CSCC(C)NC(=O)N1CCc2ccc(C(=O)O)cc2C1. The van der Waals surface area contributed by atoms with Gasteiger partial charge in [-0.2, -0.15) is 11.8 Å². The van der Waals surface area contributed by atoms with Crippen LogP contribution in [0.25, 0.3) is 0 Å². The van der Waals surface area contributed by atoms with Crippen molar-refractivity contribution >= 4 is 23.8 Å². The number of aromatic carboxylic acids is 1. The van der Waals surface area contributed by atoms with E-state index in [2.05, 4.69) is 5.32 Å². The number of hydrogen-bond donors (Lipinski definition) is 2. The van der Waals surface area contributed by atoms with E-state index in [1.807, 2.05) is 19.2 Å². The Morgan fingerprint density at radius 2 is 2.19 bits per heavy atom. The van der Waals surface area contributed by atoms with Crippen LogP contribution in [0.4, 0.5) is 4.79 Å². The van der Waals surface area contributed by atoms with Crippen LogP contribution in [-0.4, -0.2) is 46.6 Å². The van der Waals surface area contributed by atoms with Crippen molar-refractivity contribution in [2.24, 2.45) is 0 Å². The van der Waals surface area contributed by atoms with E-state index in [0.29, 0.717) is 13.1 Å². The fourth-order valence-electron chi connectivity index (χ4n) is 2.46. The van der Waals surface area contributed by atoms with Gasteiger partial charge in [0.1, 0.15) is 0 Å². The highest BCUT2D eigenvalue weighted by Crippen LogP contribution is 2.20. The summed E-state index contributed by atoms with van der Waals surface area (Å²) in [6.45, 7) is 3.11. The minimum absolute atomic E-state index is 0.0806. The third-order valence-corrected chi connectivity index (χ3v) is 4.37. The molecule has 0 radical (unpaired) electrons. The van der Waals surface area contributed by atoms with Gasteiger partial charge in [-0.15, -0.1) is 0 Å². The van der Waals surface area contributed by atoms with Crippen LogP contribution in [0.1, 0.15) is 28.4 Å². The quantitative estimate of drug-likeness (QED) is 0.894. The Morgan fingerprint density at radius 1 is 1.43 bits per heavy atom. The molecule has 0 saturated heterocycles. The highest BCUT2D eigenvalue weighted by molar-refractivity contribution is 7.98. The van der Waals surface area contributed by atoms with Crippen molar-refractivity contribution in [1.82, 2.24) is 10.2 Å². The first kappa shape index (κ1) is 15.7. The summed E-state index contributed by atoms with van der Waals surface area (Å²) < 4.78 is 0. The first-order valence-corrected chi connectivity index (χ1v) is 8.30. The molecule has 1 aromatic carbocycles. The maximum absolute atomic E-state index is 12.2. The number of carbonyl (C=O) groups excluding carboxylic acids is 1. The Balaban J connectivity index is 2.05. The van der Waals surface area contributed by atoms with Gasteiger partial charge in [0.25, 0.3) is 0 Å². The molecule has 1 aromatic rings. The molecule has 2 N–H and O–H groups in total. The monoisotopic (exact) mass is 308 g/mol. The average Bonchev–Trinajstić information content (AvgIpc) is 2.46. The molecule has 0 aliphatic carbocycles. The number of hydrogen-bond acceptors (Lipinski definition) is 3. The number of carbonyl (C=O) groups is 2. The van der Waals surface area contributed by atoms with Crippen molar-refractivity contribution in [3.8, 4) is 0 Å². The van der Waals surface area contributed by atoms with Gasteiger partial charge in [0, 0.05) is 24.9 Å². The van der Waals surface area contributed by atoms with Crippen LogP contribution < -0.4 is 5.32 Å². The zero-order valence-corrected chi connectivity index (χ0v) is 13.1. The van der Waals surface area contributed by atoms with Gasteiger partial charge >= 0.3 is 12.0 Å². The Hall–Kier alpha value is -1.69. The highest BCUT2D eigenvalue weighted by Gasteiger charge is 2.22. The first-order valence-electron chi connectivity index (χ1n) is 6.90. The van der Waals surface area contributed by atoms with Gasteiger partial charge in [-0.1, -0.05) is 6.07 Å². The predicted octanol–water partition coefficient (Wildman–Crippen LogP) is 2.20. The smallest absolute Gasteiger partial charge is 0.335 e. The second-order valence-corrected chi connectivity index (χ2v) is 6.18. The lowest BCUT2D eigenvalue weighted by Gasteiger charge is -2.30. The predicted molar refractivity (Wildman–Crippen MR) is 83.9 cm³/mol. The van der Waals surface area contributed by atoms with Crippen LogP contribution in [0.15, 0.2) is 18.2 Å². The summed E-state index contributed by atoms with van der Waals surface area (Å²) in [5.74, 6) is -0.0627. The van der Waals surface area contributed by atoms with Crippen molar-refractivity contribution in [3.05, 3.63) is 34.9 Å². The van der Waals surface area contributed by atoms with Crippen LogP contribution in [-0.2, 0) is 13.0 Å². The van der Waals surface area contributed by atoms with Crippen LogP contribution in [0, 0.1) is 0 Å². The molecule has 0 saturated carbocycles. The number of thioether (sulfide) groups is 1. The largest absolute Gasteiger partial charge is 0.478 e. The second kappa shape index (κ2) is 6.85. The van der Waals surface area contributed by atoms with E-state index >= 15 is 0 Å². The van der Waals surface area contributed by atoms with Crippen LogP contribution >= 0.6 is 11.8 Å². The molecule has 1 atom stereocenters. The van der Waals surface area contributed by atoms with E-state index in [0.717, 1.165) is 23.3 Å². The van der Waals surface area contributed by atoms with Gasteiger partial charge in [-0.25, -0.2) is 9.59 Å². The number of nitrogens with zero attached hydrogens (tertiary/aromatic N) is 1. The molecule has 0 spiro atoms. The molecule has 1 unspecified atom stereocenters. The van der Waals surface area contributed by atoms with Crippen LogP contribution in [0.2, 0.25) is 0 Å². The molecule has 114 valence electrons. The molecule has 0 bridgehead atoms. The number of carboxylic acids is 1. The number of fused-ring (bicyclic) bond motifs is 1. The van der Waals surface area contributed by atoms with E-state index in [9.17, 15) is 9.59 Å². The van der Waals surface area contributed by atoms with Crippen molar-refractivity contribution in [2.45, 2.75) is 25.9 Å². The molecular formula is C15H20N2O3S. The Labute approximate surface area is 128 Å². The Kier molecular flexibility index (Phi) is 5.12. The van der Waals surface area contributed by atoms with E-state index in [-0.39, 0.29) is 17.6 Å². The lowest BCUT2D eigenvalue weighted by Crippen LogP contribution is -2.46. The van der Waals surface area contributed by atoms with Gasteiger partial charge in [0.15, 0.2) is 0 Å². The first-order chi connectivity index (χ1) is 10.0. The molecule has 2 amide bonds. The molecule has 6 heteroatoms. The van der Waals surface area contributed by atoms with E-state index in [1.165, 1.54) is 0 Å². The zero-order chi connectivity index (χ0) is 15.4. The number of urea groups is 1. The van der Waals surface area contributed by atoms with E-state index in [1.54, 1.807) is 28.8 Å². The van der Waals surface area contributed by atoms with Gasteiger partial charge in [0.05, 0.1) is 5.56 Å². The van der Waals surface area contributed by atoms with Crippen LogP contribution in [0.3, 0.4) is 0 Å². The summed E-state index contributed by atoms with van der Waals surface area (Å²) in [7, 11) is 0. The third-order valence-electron chi connectivity index (χ3n) is 3.54. The standard InChI is InChI=1S/C15H20N2O3S/c1-10(9-21-2)16-15(20)17-6-5-11-3-4-12(14(18)19)7-13(11)8-17/h3-4,7,10H,5-6,8-9H2,1-2H3,(H,16,20)(H,18,19). The highest BCUT2D eigenvalue weighted by atomic mass is 32.2. The summed E-state index contributed by atoms with van der Waals surface area (Å²) in [4.78, 5) is 25.0. The molecule has 2 rings (SSSR count). The normalized spacial score (nSPS) is 15.2. The molecule has 0 aromatic heterocycles. The number of amides is 2. The van der Waals surface area contributed by atoms with Gasteiger partial charge in [-0.05, 0) is 42.9 Å². The van der Waals surface area contributed by atoms with Gasteiger partial charge < -0.3 is 15.3 Å². The lowest BCUT2D eigenvalue weighted by molar-refractivity contribution is 0.0696. The van der Waals surface area contributed by atoms with Crippen molar-refractivity contribution in [2.75, 3.05) is 18.6 Å². The maximum Gasteiger partial charge on any atom is 0.335 e. The summed E-state index contributed by atoms with van der Waals surface area (Å²) in [6.07, 6.45) is 2.77. The molecule has 21 heavy (non-hydrogen) atoms. The maximum atomic E-state index is 12.2. The molecule has 1 aliphatic rings. The average molecular weight is 308 g/mol. The summed E-state index contributed by atoms with van der Waals surface area (Å²) >= 11 is 1.69. The van der Waals surface area contributed by atoms with Crippen molar-refractivity contribution in [3.63, 3.8) is 0 Å².